The number of hydrogen-bond acceptors (Lipinski definition) is 2. The van der Waals surface area contributed by atoms with E-state index in [2.05, 4.69) is 22.9 Å². The number of benzene rings is 1. The normalized spacial score (nSPS) is 19.7. The Bertz CT molecular complexity index is 422. The Kier molecular flexibility index (Phi) is 4.64. The van der Waals surface area contributed by atoms with Crippen molar-refractivity contribution in [1.82, 2.24) is 4.90 Å². The molecule has 1 heterocycles. The Balaban J connectivity index is 1.86. The zero-order valence-corrected chi connectivity index (χ0v) is 12.1. The average Bonchev–Trinajstić information content (AvgIpc) is 2.37. The fraction of sp³-hybridized carbons (Fsp3) is 0.500. The van der Waals surface area contributed by atoms with Crippen LogP contribution >= 0.6 is 15.9 Å². The molecule has 0 saturated carbocycles. The predicted octanol–water partition coefficient (Wildman–Crippen LogP) is 3.09. The maximum atomic E-state index is 12.0. The van der Waals surface area contributed by atoms with E-state index in [1.165, 1.54) is 6.42 Å². The van der Waals surface area contributed by atoms with Gasteiger partial charge >= 0.3 is 0 Å². The van der Waals surface area contributed by atoms with E-state index < -0.39 is 0 Å². The Labute approximate surface area is 116 Å². The molecule has 1 amide bonds. The summed E-state index contributed by atoms with van der Waals surface area (Å²) >= 11 is 3.40. The topological polar surface area (TPSA) is 29.5 Å². The first-order valence-corrected chi connectivity index (χ1v) is 7.11. The van der Waals surface area contributed by atoms with Crippen LogP contribution < -0.4 is 4.74 Å². The maximum absolute atomic E-state index is 12.0. The van der Waals surface area contributed by atoms with Crippen LogP contribution in [0.3, 0.4) is 0 Å². The summed E-state index contributed by atoms with van der Waals surface area (Å²) in [4.78, 5) is 13.9. The predicted molar refractivity (Wildman–Crippen MR) is 74.6 cm³/mol. The minimum Gasteiger partial charge on any atom is -0.483 e. The monoisotopic (exact) mass is 311 g/mol. The van der Waals surface area contributed by atoms with E-state index in [9.17, 15) is 4.79 Å². The van der Waals surface area contributed by atoms with Crippen LogP contribution in [0.25, 0.3) is 0 Å². The summed E-state index contributed by atoms with van der Waals surface area (Å²) < 4.78 is 6.43. The van der Waals surface area contributed by atoms with E-state index in [0.717, 1.165) is 29.7 Å². The number of likely N-dealkylation sites (tertiary alicyclic amines) is 1. The highest BCUT2D eigenvalue weighted by molar-refractivity contribution is 9.10. The second-order valence-corrected chi connectivity index (χ2v) is 5.66. The Morgan fingerprint density at radius 1 is 1.50 bits per heavy atom. The SMILES string of the molecule is CC1CCCN(C(=O)COc2ccccc2Br)C1. The second-order valence-electron chi connectivity index (χ2n) is 4.81. The van der Waals surface area contributed by atoms with Gasteiger partial charge in [0.1, 0.15) is 5.75 Å². The molecule has 1 aromatic carbocycles. The zero-order chi connectivity index (χ0) is 13.0. The minimum absolute atomic E-state index is 0.0808. The van der Waals surface area contributed by atoms with Crippen molar-refractivity contribution in [3.63, 3.8) is 0 Å². The standard InChI is InChI=1S/C14H18BrNO2/c1-11-5-4-8-16(9-11)14(17)10-18-13-7-3-2-6-12(13)15/h2-3,6-7,11H,4-5,8-10H2,1H3. The molecule has 1 aromatic rings. The van der Waals surface area contributed by atoms with Crippen molar-refractivity contribution in [3.8, 4) is 5.75 Å². The highest BCUT2D eigenvalue weighted by Gasteiger charge is 2.21. The Morgan fingerprint density at radius 2 is 2.28 bits per heavy atom. The number of nitrogens with zero attached hydrogens (tertiary/aromatic N) is 1. The first kappa shape index (κ1) is 13.4. The molecule has 18 heavy (non-hydrogen) atoms. The van der Waals surface area contributed by atoms with Crippen molar-refractivity contribution in [2.45, 2.75) is 19.8 Å². The van der Waals surface area contributed by atoms with Crippen LogP contribution in [0.5, 0.6) is 5.75 Å². The summed E-state index contributed by atoms with van der Waals surface area (Å²) in [6.45, 7) is 4.03. The number of carbonyl (C=O) groups excluding carboxylic acids is 1. The number of para-hydroxylation sites is 1. The van der Waals surface area contributed by atoms with E-state index >= 15 is 0 Å². The van der Waals surface area contributed by atoms with Crippen molar-refractivity contribution in [2.75, 3.05) is 19.7 Å². The quantitative estimate of drug-likeness (QED) is 0.858. The van der Waals surface area contributed by atoms with Crippen molar-refractivity contribution < 1.29 is 9.53 Å². The lowest BCUT2D eigenvalue weighted by molar-refractivity contribution is -0.135. The van der Waals surface area contributed by atoms with Crippen LogP contribution in [0.15, 0.2) is 28.7 Å². The molecule has 1 aliphatic rings. The maximum Gasteiger partial charge on any atom is 0.260 e. The highest BCUT2D eigenvalue weighted by Crippen LogP contribution is 2.24. The molecular weight excluding hydrogens is 294 g/mol. The van der Waals surface area contributed by atoms with Gasteiger partial charge in [0.15, 0.2) is 6.61 Å². The number of ether oxygens (including phenoxy) is 1. The lowest BCUT2D eigenvalue weighted by Gasteiger charge is -2.30. The molecule has 3 nitrogen and oxygen atoms in total. The number of halogens is 1. The fourth-order valence-corrected chi connectivity index (χ4v) is 2.61. The third-order valence-electron chi connectivity index (χ3n) is 3.20. The second kappa shape index (κ2) is 6.23. The molecular formula is C14H18BrNO2. The molecule has 1 unspecified atom stereocenters. The van der Waals surface area contributed by atoms with Gasteiger partial charge in [-0.05, 0) is 46.8 Å². The van der Waals surface area contributed by atoms with Gasteiger partial charge in [0, 0.05) is 13.1 Å². The van der Waals surface area contributed by atoms with Crippen LogP contribution in [-0.2, 0) is 4.79 Å². The highest BCUT2D eigenvalue weighted by atomic mass is 79.9. The molecule has 1 atom stereocenters. The Morgan fingerprint density at radius 3 is 3.00 bits per heavy atom. The average molecular weight is 312 g/mol. The van der Waals surface area contributed by atoms with E-state index in [0.29, 0.717) is 5.92 Å². The van der Waals surface area contributed by atoms with Gasteiger partial charge in [0.25, 0.3) is 5.91 Å². The molecule has 1 saturated heterocycles. The number of piperidine rings is 1. The first-order valence-electron chi connectivity index (χ1n) is 6.32. The molecule has 0 aliphatic carbocycles. The summed E-state index contributed by atoms with van der Waals surface area (Å²) in [7, 11) is 0. The molecule has 98 valence electrons. The van der Waals surface area contributed by atoms with Crippen LogP contribution in [0.1, 0.15) is 19.8 Å². The molecule has 0 bridgehead atoms. The number of carbonyl (C=O) groups is 1. The van der Waals surface area contributed by atoms with Gasteiger partial charge in [-0.15, -0.1) is 0 Å². The van der Waals surface area contributed by atoms with Gasteiger partial charge in [-0.3, -0.25) is 4.79 Å². The molecule has 0 spiro atoms. The molecule has 4 heteroatoms. The Hall–Kier alpha value is -1.03. The van der Waals surface area contributed by atoms with E-state index in [-0.39, 0.29) is 12.5 Å². The largest absolute Gasteiger partial charge is 0.483 e. The summed E-state index contributed by atoms with van der Waals surface area (Å²) in [6, 6.07) is 7.58. The van der Waals surface area contributed by atoms with Crippen LogP contribution in [0.4, 0.5) is 0 Å². The van der Waals surface area contributed by atoms with Gasteiger partial charge in [-0.1, -0.05) is 19.1 Å². The molecule has 1 aliphatic heterocycles. The van der Waals surface area contributed by atoms with E-state index in [1.807, 2.05) is 29.2 Å². The molecule has 1 fully saturated rings. The smallest absolute Gasteiger partial charge is 0.260 e. The number of hydrogen-bond donors (Lipinski definition) is 0. The lowest BCUT2D eigenvalue weighted by Crippen LogP contribution is -2.41. The van der Waals surface area contributed by atoms with Crippen molar-refractivity contribution in [2.24, 2.45) is 5.92 Å². The van der Waals surface area contributed by atoms with Crippen LogP contribution in [0, 0.1) is 5.92 Å². The number of rotatable bonds is 3. The zero-order valence-electron chi connectivity index (χ0n) is 10.6. The van der Waals surface area contributed by atoms with Gasteiger partial charge in [-0.25, -0.2) is 0 Å². The minimum atomic E-state index is 0.0808. The summed E-state index contributed by atoms with van der Waals surface area (Å²) in [6.07, 6.45) is 2.32. The molecule has 0 N–H and O–H groups in total. The molecule has 2 rings (SSSR count). The summed E-state index contributed by atoms with van der Waals surface area (Å²) in [5.41, 5.74) is 0. The first-order chi connectivity index (χ1) is 8.66. The lowest BCUT2D eigenvalue weighted by atomic mass is 10.0. The third kappa shape index (κ3) is 3.48. The fourth-order valence-electron chi connectivity index (χ4n) is 2.21. The van der Waals surface area contributed by atoms with Crippen LogP contribution in [0.2, 0.25) is 0 Å². The van der Waals surface area contributed by atoms with Gasteiger partial charge < -0.3 is 9.64 Å². The summed E-state index contributed by atoms with van der Waals surface area (Å²) in [5, 5.41) is 0. The third-order valence-corrected chi connectivity index (χ3v) is 3.85. The van der Waals surface area contributed by atoms with Gasteiger partial charge in [0.05, 0.1) is 4.47 Å². The number of amides is 1. The van der Waals surface area contributed by atoms with Crippen LogP contribution in [-0.4, -0.2) is 30.5 Å². The van der Waals surface area contributed by atoms with Crippen molar-refractivity contribution in [3.05, 3.63) is 28.7 Å². The van der Waals surface area contributed by atoms with Gasteiger partial charge in [-0.2, -0.15) is 0 Å². The summed E-state index contributed by atoms with van der Waals surface area (Å²) in [5.74, 6) is 1.40. The van der Waals surface area contributed by atoms with Crippen molar-refractivity contribution >= 4 is 21.8 Å². The van der Waals surface area contributed by atoms with Crippen molar-refractivity contribution in [1.29, 1.82) is 0 Å². The van der Waals surface area contributed by atoms with Gasteiger partial charge in [0.2, 0.25) is 0 Å². The molecule has 0 radical (unpaired) electrons. The molecule has 0 aromatic heterocycles. The van der Waals surface area contributed by atoms with E-state index in [1.54, 1.807) is 0 Å². The van der Waals surface area contributed by atoms with E-state index in [4.69, 9.17) is 4.74 Å².